The minimum Gasteiger partial charge on any atom is -0.497 e. The van der Waals surface area contributed by atoms with Crippen LogP contribution in [-0.4, -0.2) is 23.0 Å². The van der Waals surface area contributed by atoms with Crippen LogP contribution in [0.4, 0.5) is 5.69 Å². The predicted molar refractivity (Wildman–Crippen MR) is 108 cm³/mol. The van der Waals surface area contributed by atoms with E-state index in [0.717, 1.165) is 27.2 Å². The van der Waals surface area contributed by atoms with Gasteiger partial charge in [-0.15, -0.1) is 11.3 Å². The Hall–Kier alpha value is -3.25. The number of aromatic nitrogens is 2. The zero-order chi connectivity index (χ0) is 18.6. The lowest BCUT2D eigenvalue weighted by Gasteiger charge is -2.06. The summed E-state index contributed by atoms with van der Waals surface area (Å²) in [6.45, 7) is 0. The van der Waals surface area contributed by atoms with E-state index >= 15 is 0 Å². The maximum absolute atomic E-state index is 12.6. The molecule has 0 aliphatic rings. The van der Waals surface area contributed by atoms with Crippen molar-refractivity contribution in [3.63, 3.8) is 0 Å². The van der Waals surface area contributed by atoms with Gasteiger partial charge >= 0.3 is 0 Å². The molecule has 2 aromatic heterocycles. The molecule has 2 aromatic carbocycles. The Labute approximate surface area is 160 Å². The number of thiazole rings is 1. The Morgan fingerprint density at radius 3 is 2.74 bits per heavy atom. The molecule has 6 heteroatoms. The van der Waals surface area contributed by atoms with Gasteiger partial charge in [0.1, 0.15) is 11.4 Å². The van der Waals surface area contributed by atoms with Crippen LogP contribution in [0, 0.1) is 0 Å². The quantitative estimate of drug-likeness (QED) is 0.556. The van der Waals surface area contributed by atoms with Crippen molar-refractivity contribution in [3.8, 4) is 5.75 Å². The number of pyridine rings is 1. The summed E-state index contributed by atoms with van der Waals surface area (Å²) in [5, 5.41) is 6.57. The molecule has 5 nitrogen and oxygen atoms in total. The van der Waals surface area contributed by atoms with Gasteiger partial charge < -0.3 is 10.1 Å². The van der Waals surface area contributed by atoms with E-state index in [1.54, 1.807) is 18.7 Å². The molecule has 0 radical (unpaired) electrons. The van der Waals surface area contributed by atoms with Crippen LogP contribution in [-0.2, 0) is 6.42 Å². The second kappa shape index (κ2) is 7.55. The van der Waals surface area contributed by atoms with E-state index in [4.69, 9.17) is 4.74 Å². The lowest BCUT2D eigenvalue weighted by atomic mass is 10.1. The van der Waals surface area contributed by atoms with Crippen molar-refractivity contribution in [2.75, 3.05) is 12.4 Å². The molecule has 4 rings (SSSR count). The fraction of sp³-hybridized carbons (Fsp3) is 0.0952. The molecule has 134 valence electrons. The summed E-state index contributed by atoms with van der Waals surface area (Å²) in [6.07, 6.45) is 2.39. The van der Waals surface area contributed by atoms with Crippen molar-refractivity contribution < 1.29 is 9.53 Å². The number of ether oxygens (including phenoxy) is 1. The largest absolute Gasteiger partial charge is 0.497 e. The molecule has 0 bridgehead atoms. The number of rotatable bonds is 5. The van der Waals surface area contributed by atoms with Crippen LogP contribution in [0.25, 0.3) is 10.9 Å². The maximum atomic E-state index is 12.6. The Bertz CT molecular complexity index is 1080. The fourth-order valence-electron chi connectivity index (χ4n) is 2.81. The summed E-state index contributed by atoms with van der Waals surface area (Å²) in [5.74, 6) is 0.590. The van der Waals surface area contributed by atoms with Gasteiger partial charge in [0.05, 0.1) is 23.3 Å². The lowest BCUT2D eigenvalue weighted by molar-refractivity contribution is 0.102. The average molecular weight is 375 g/mol. The van der Waals surface area contributed by atoms with E-state index in [9.17, 15) is 4.79 Å². The van der Waals surface area contributed by atoms with Crippen LogP contribution in [0.15, 0.2) is 66.2 Å². The zero-order valence-electron chi connectivity index (χ0n) is 14.7. The molecule has 0 aliphatic carbocycles. The number of carbonyl (C=O) groups is 1. The summed E-state index contributed by atoms with van der Waals surface area (Å²) in [6, 6.07) is 17.4. The second-order valence-corrected chi connectivity index (χ2v) is 6.93. The monoisotopic (exact) mass is 375 g/mol. The van der Waals surface area contributed by atoms with Gasteiger partial charge in [-0.05, 0) is 29.8 Å². The highest BCUT2D eigenvalue weighted by Gasteiger charge is 2.13. The fourth-order valence-corrected chi connectivity index (χ4v) is 3.61. The molecule has 0 aliphatic heterocycles. The third-order valence-electron chi connectivity index (χ3n) is 4.18. The lowest BCUT2D eigenvalue weighted by Crippen LogP contribution is -2.13. The van der Waals surface area contributed by atoms with Gasteiger partial charge in [-0.1, -0.05) is 30.3 Å². The molecule has 0 unspecified atom stereocenters. The van der Waals surface area contributed by atoms with Crippen molar-refractivity contribution in [2.45, 2.75) is 6.42 Å². The van der Waals surface area contributed by atoms with Gasteiger partial charge in [-0.25, -0.2) is 4.98 Å². The zero-order valence-corrected chi connectivity index (χ0v) is 15.5. The number of hydrogen-bond acceptors (Lipinski definition) is 5. The van der Waals surface area contributed by atoms with Crippen LogP contribution < -0.4 is 10.1 Å². The van der Waals surface area contributed by atoms with Crippen molar-refractivity contribution in [1.82, 2.24) is 9.97 Å². The van der Waals surface area contributed by atoms with E-state index in [2.05, 4.69) is 15.3 Å². The Kier molecular flexibility index (Phi) is 4.80. The summed E-state index contributed by atoms with van der Waals surface area (Å²) in [5.41, 5.74) is 2.98. The molecule has 27 heavy (non-hydrogen) atoms. The van der Waals surface area contributed by atoms with Crippen LogP contribution in [0.2, 0.25) is 0 Å². The first-order valence-corrected chi connectivity index (χ1v) is 9.33. The highest BCUT2D eigenvalue weighted by atomic mass is 32.1. The van der Waals surface area contributed by atoms with Crippen LogP contribution >= 0.6 is 11.3 Å². The summed E-state index contributed by atoms with van der Waals surface area (Å²) in [7, 11) is 1.65. The Morgan fingerprint density at radius 2 is 1.93 bits per heavy atom. The summed E-state index contributed by atoms with van der Waals surface area (Å²) in [4.78, 5) is 21.4. The van der Waals surface area contributed by atoms with Crippen molar-refractivity contribution in [3.05, 3.63) is 82.4 Å². The number of nitrogens with zero attached hydrogens (tertiary/aromatic N) is 2. The number of para-hydroxylation sites is 1. The molecule has 4 aromatic rings. The molecule has 0 atom stereocenters. The molecule has 1 N–H and O–H groups in total. The molecular weight excluding hydrogens is 358 g/mol. The van der Waals surface area contributed by atoms with E-state index in [1.165, 1.54) is 11.3 Å². The van der Waals surface area contributed by atoms with E-state index < -0.39 is 0 Å². The number of methoxy groups -OCH3 is 1. The van der Waals surface area contributed by atoms with E-state index in [0.29, 0.717) is 17.8 Å². The van der Waals surface area contributed by atoms with Gasteiger partial charge in [0.2, 0.25) is 0 Å². The van der Waals surface area contributed by atoms with Gasteiger partial charge in [-0.2, -0.15) is 0 Å². The van der Waals surface area contributed by atoms with Crippen LogP contribution in [0.1, 0.15) is 21.1 Å². The third kappa shape index (κ3) is 3.80. The number of anilines is 1. The number of amides is 1. The van der Waals surface area contributed by atoms with Crippen molar-refractivity contribution in [1.29, 1.82) is 0 Å². The SMILES string of the molecule is COc1ccc(Cc2nc(C(=O)Nc3cccc4cccnc34)cs2)cc1. The molecule has 0 spiro atoms. The molecule has 0 saturated carbocycles. The first-order valence-electron chi connectivity index (χ1n) is 8.45. The Morgan fingerprint density at radius 1 is 1.11 bits per heavy atom. The number of hydrogen-bond donors (Lipinski definition) is 1. The van der Waals surface area contributed by atoms with Crippen molar-refractivity contribution >= 4 is 33.8 Å². The molecule has 0 saturated heterocycles. The standard InChI is InChI=1S/C21H17N3O2S/c1-26-16-9-7-14(8-10-16)12-19-23-18(13-27-19)21(25)24-17-6-2-4-15-5-3-11-22-20(15)17/h2-11,13H,12H2,1H3,(H,24,25). The molecular formula is C21H17N3O2S. The van der Waals surface area contributed by atoms with Gasteiger partial charge in [-0.3, -0.25) is 9.78 Å². The normalized spacial score (nSPS) is 10.7. The number of carbonyl (C=O) groups excluding carboxylic acids is 1. The average Bonchev–Trinajstić information content (AvgIpc) is 3.17. The topological polar surface area (TPSA) is 64.1 Å². The third-order valence-corrected chi connectivity index (χ3v) is 5.03. The van der Waals surface area contributed by atoms with E-state index in [1.807, 2.05) is 54.6 Å². The molecule has 0 fully saturated rings. The summed E-state index contributed by atoms with van der Waals surface area (Å²) >= 11 is 1.48. The summed E-state index contributed by atoms with van der Waals surface area (Å²) < 4.78 is 5.17. The minimum absolute atomic E-state index is 0.231. The van der Waals surface area contributed by atoms with Crippen LogP contribution in [0.3, 0.4) is 0 Å². The second-order valence-electron chi connectivity index (χ2n) is 5.99. The molecule has 1 amide bonds. The van der Waals surface area contributed by atoms with Gasteiger partial charge in [0.25, 0.3) is 5.91 Å². The highest BCUT2D eigenvalue weighted by Crippen LogP contribution is 2.22. The van der Waals surface area contributed by atoms with E-state index in [-0.39, 0.29) is 5.91 Å². The highest BCUT2D eigenvalue weighted by molar-refractivity contribution is 7.09. The number of fused-ring (bicyclic) bond motifs is 1. The first-order chi connectivity index (χ1) is 13.2. The van der Waals surface area contributed by atoms with Crippen LogP contribution in [0.5, 0.6) is 5.75 Å². The Balaban J connectivity index is 1.49. The maximum Gasteiger partial charge on any atom is 0.275 e. The minimum atomic E-state index is -0.231. The number of benzene rings is 2. The smallest absolute Gasteiger partial charge is 0.275 e. The predicted octanol–water partition coefficient (Wildman–Crippen LogP) is 4.54. The molecule has 2 heterocycles. The van der Waals surface area contributed by atoms with Gasteiger partial charge in [0, 0.05) is 23.4 Å². The first kappa shape index (κ1) is 17.2. The number of nitrogens with one attached hydrogen (secondary N) is 1. The van der Waals surface area contributed by atoms with Gasteiger partial charge in [0.15, 0.2) is 0 Å². The van der Waals surface area contributed by atoms with Crippen molar-refractivity contribution in [2.24, 2.45) is 0 Å².